The van der Waals surface area contributed by atoms with Crippen molar-refractivity contribution in [1.29, 1.82) is 0 Å². The van der Waals surface area contributed by atoms with Crippen LogP contribution in [-0.4, -0.2) is 22.2 Å². The first-order valence-corrected chi connectivity index (χ1v) is 5.78. The highest BCUT2D eigenvalue weighted by Gasteiger charge is 2.49. The Balaban J connectivity index is 3.34. The monoisotopic (exact) mass is 238 g/mol. The minimum atomic E-state index is -1.37. The summed E-state index contributed by atoms with van der Waals surface area (Å²) >= 11 is 0. The van der Waals surface area contributed by atoms with Gasteiger partial charge in [0.1, 0.15) is 5.41 Å². The lowest BCUT2D eigenvalue weighted by Crippen LogP contribution is -2.43. The second-order valence-electron chi connectivity index (χ2n) is 4.34. The van der Waals surface area contributed by atoms with Crippen molar-refractivity contribution < 1.29 is 19.8 Å². The lowest BCUT2D eigenvalue weighted by Gasteiger charge is -2.35. The Labute approximate surface area is 101 Å². The lowest BCUT2D eigenvalue weighted by atomic mass is 9.65. The summed E-state index contributed by atoms with van der Waals surface area (Å²) in [4.78, 5) is 22.8. The molecule has 0 aliphatic heterocycles. The van der Waals surface area contributed by atoms with Crippen molar-refractivity contribution in [1.82, 2.24) is 0 Å². The molecule has 4 nitrogen and oxygen atoms in total. The molecule has 2 N–H and O–H groups in total. The van der Waals surface area contributed by atoms with Gasteiger partial charge in [-0.1, -0.05) is 30.7 Å². The normalized spacial score (nSPS) is 29.1. The summed E-state index contributed by atoms with van der Waals surface area (Å²) in [5.74, 6) is -3.00. The average molecular weight is 238 g/mol. The number of carbonyl (C=O) groups is 2. The Hall–Kier alpha value is -1.58. The maximum atomic E-state index is 11.6. The number of allylic oxidation sites excluding steroid dienone is 2. The Morgan fingerprint density at radius 3 is 2.59 bits per heavy atom. The van der Waals surface area contributed by atoms with Crippen molar-refractivity contribution in [3.05, 3.63) is 23.8 Å². The van der Waals surface area contributed by atoms with Crippen LogP contribution in [0, 0.1) is 11.3 Å². The molecule has 1 aliphatic carbocycles. The van der Waals surface area contributed by atoms with Crippen LogP contribution in [0.1, 0.15) is 33.1 Å². The van der Waals surface area contributed by atoms with Gasteiger partial charge in [0, 0.05) is 0 Å². The smallest absolute Gasteiger partial charge is 0.318 e. The van der Waals surface area contributed by atoms with E-state index in [9.17, 15) is 19.8 Å². The molecule has 17 heavy (non-hydrogen) atoms. The van der Waals surface area contributed by atoms with Gasteiger partial charge in [0.05, 0.1) is 5.92 Å². The van der Waals surface area contributed by atoms with Gasteiger partial charge in [-0.05, 0) is 26.2 Å². The molecule has 0 fully saturated rings. The number of hydrogen-bond donors (Lipinski definition) is 2. The molecule has 0 bridgehead atoms. The molecule has 1 aliphatic rings. The Bertz CT molecular complexity index is 381. The summed E-state index contributed by atoms with van der Waals surface area (Å²) in [6, 6.07) is 0. The SMILES string of the molecule is CCC=C(C)C1(C(=O)O)C=CCCC1C(=O)O. The van der Waals surface area contributed by atoms with Gasteiger partial charge in [-0.3, -0.25) is 9.59 Å². The van der Waals surface area contributed by atoms with E-state index in [4.69, 9.17) is 0 Å². The van der Waals surface area contributed by atoms with Crippen LogP contribution in [0.4, 0.5) is 0 Å². The predicted octanol–water partition coefficient (Wildman–Crippen LogP) is 2.46. The van der Waals surface area contributed by atoms with E-state index in [1.165, 1.54) is 0 Å². The minimum absolute atomic E-state index is 0.368. The molecule has 4 heteroatoms. The van der Waals surface area contributed by atoms with Crippen LogP contribution in [0.15, 0.2) is 23.8 Å². The fraction of sp³-hybridized carbons (Fsp3) is 0.538. The minimum Gasteiger partial charge on any atom is -0.481 e. The maximum absolute atomic E-state index is 11.6. The first-order valence-electron chi connectivity index (χ1n) is 5.78. The van der Waals surface area contributed by atoms with Crippen molar-refractivity contribution >= 4 is 11.9 Å². The third-order valence-electron chi connectivity index (χ3n) is 3.37. The van der Waals surface area contributed by atoms with E-state index in [-0.39, 0.29) is 0 Å². The number of rotatable bonds is 4. The predicted molar refractivity (Wildman–Crippen MR) is 63.6 cm³/mol. The first kappa shape index (κ1) is 13.5. The molecule has 94 valence electrons. The lowest BCUT2D eigenvalue weighted by molar-refractivity contribution is -0.157. The summed E-state index contributed by atoms with van der Waals surface area (Å²) in [6.45, 7) is 3.60. The topological polar surface area (TPSA) is 74.6 Å². The van der Waals surface area contributed by atoms with Gasteiger partial charge in [-0.25, -0.2) is 0 Å². The molecule has 2 unspecified atom stereocenters. The molecule has 0 spiro atoms. The molecule has 0 saturated carbocycles. The summed E-state index contributed by atoms with van der Waals surface area (Å²) in [7, 11) is 0. The summed E-state index contributed by atoms with van der Waals surface area (Å²) in [6.07, 6.45) is 6.78. The molecular weight excluding hydrogens is 220 g/mol. The molecule has 2 atom stereocenters. The van der Waals surface area contributed by atoms with Crippen LogP contribution in [0.25, 0.3) is 0 Å². The molecule has 0 radical (unpaired) electrons. The summed E-state index contributed by atoms with van der Waals surface area (Å²) in [5, 5.41) is 18.7. The maximum Gasteiger partial charge on any atom is 0.318 e. The first-order chi connectivity index (χ1) is 7.96. The molecule has 0 heterocycles. The van der Waals surface area contributed by atoms with Crippen molar-refractivity contribution in [3.8, 4) is 0 Å². The second kappa shape index (κ2) is 5.17. The average Bonchev–Trinajstić information content (AvgIpc) is 2.28. The Morgan fingerprint density at radius 1 is 1.47 bits per heavy atom. The van der Waals surface area contributed by atoms with E-state index in [2.05, 4.69) is 0 Å². The van der Waals surface area contributed by atoms with Crippen LogP contribution in [0.2, 0.25) is 0 Å². The Morgan fingerprint density at radius 2 is 2.12 bits per heavy atom. The molecule has 1 rings (SSSR count). The molecule has 0 aromatic rings. The van der Waals surface area contributed by atoms with E-state index in [1.54, 1.807) is 25.2 Å². The quantitative estimate of drug-likeness (QED) is 0.738. The fourth-order valence-corrected chi connectivity index (χ4v) is 2.46. The van der Waals surface area contributed by atoms with Gasteiger partial charge < -0.3 is 10.2 Å². The van der Waals surface area contributed by atoms with Crippen LogP contribution >= 0.6 is 0 Å². The zero-order chi connectivity index (χ0) is 13.1. The van der Waals surface area contributed by atoms with Gasteiger partial charge >= 0.3 is 11.9 Å². The third-order valence-corrected chi connectivity index (χ3v) is 3.37. The molecule has 0 amide bonds. The van der Waals surface area contributed by atoms with Crippen molar-refractivity contribution in [2.75, 3.05) is 0 Å². The second-order valence-corrected chi connectivity index (χ2v) is 4.34. The number of carboxylic acids is 2. The zero-order valence-corrected chi connectivity index (χ0v) is 10.1. The van der Waals surface area contributed by atoms with Crippen LogP contribution in [0.5, 0.6) is 0 Å². The van der Waals surface area contributed by atoms with Gasteiger partial charge in [0.15, 0.2) is 0 Å². The molecular formula is C13H18O4. The van der Waals surface area contributed by atoms with Gasteiger partial charge in [0.2, 0.25) is 0 Å². The summed E-state index contributed by atoms with van der Waals surface area (Å²) in [5.41, 5.74) is -0.768. The van der Waals surface area contributed by atoms with E-state index in [0.29, 0.717) is 24.8 Å². The van der Waals surface area contributed by atoms with Crippen molar-refractivity contribution in [2.24, 2.45) is 11.3 Å². The van der Waals surface area contributed by atoms with Crippen molar-refractivity contribution in [3.63, 3.8) is 0 Å². The van der Waals surface area contributed by atoms with E-state index in [0.717, 1.165) is 0 Å². The van der Waals surface area contributed by atoms with Gasteiger partial charge in [0.25, 0.3) is 0 Å². The van der Waals surface area contributed by atoms with Crippen LogP contribution < -0.4 is 0 Å². The number of aliphatic carboxylic acids is 2. The van der Waals surface area contributed by atoms with Crippen LogP contribution in [-0.2, 0) is 9.59 Å². The van der Waals surface area contributed by atoms with Gasteiger partial charge in [-0.15, -0.1) is 0 Å². The highest BCUT2D eigenvalue weighted by molar-refractivity contribution is 5.88. The van der Waals surface area contributed by atoms with E-state index in [1.807, 2.05) is 6.92 Å². The molecule has 0 aromatic carbocycles. The highest BCUT2D eigenvalue weighted by atomic mass is 16.4. The fourth-order valence-electron chi connectivity index (χ4n) is 2.46. The zero-order valence-electron chi connectivity index (χ0n) is 10.1. The molecule has 0 saturated heterocycles. The Kier molecular flexibility index (Phi) is 4.10. The summed E-state index contributed by atoms with van der Waals surface area (Å²) < 4.78 is 0. The van der Waals surface area contributed by atoms with E-state index >= 15 is 0 Å². The number of carboxylic acid groups (broad SMARTS) is 2. The molecule has 0 aromatic heterocycles. The number of hydrogen-bond acceptors (Lipinski definition) is 2. The standard InChI is InChI=1S/C13H18O4/c1-3-6-9(2)13(12(16)17)8-5-4-7-10(13)11(14)15/h5-6,8,10H,3-4,7H2,1-2H3,(H,14,15)(H,16,17). The van der Waals surface area contributed by atoms with Gasteiger partial charge in [-0.2, -0.15) is 0 Å². The van der Waals surface area contributed by atoms with Crippen LogP contribution in [0.3, 0.4) is 0 Å². The van der Waals surface area contributed by atoms with Crippen molar-refractivity contribution in [2.45, 2.75) is 33.1 Å². The third kappa shape index (κ3) is 2.25. The largest absolute Gasteiger partial charge is 0.481 e. The van der Waals surface area contributed by atoms with E-state index < -0.39 is 23.3 Å². The highest BCUT2D eigenvalue weighted by Crippen LogP contribution is 2.43.